The van der Waals surface area contributed by atoms with Crippen molar-refractivity contribution in [3.63, 3.8) is 0 Å². The highest BCUT2D eigenvalue weighted by Crippen LogP contribution is 2.49. The summed E-state index contributed by atoms with van der Waals surface area (Å²) in [5.41, 5.74) is 1.31. The quantitative estimate of drug-likeness (QED) is 0.701. The van der Waals surface area contributed by atoms with Gasteiger partial charge in [0.1, 0.15) is 0 Å². The number of hydrogen-bond acceptors (Lipinski definition) is 5. The summed E-state index contributed by atoms with van der Waals surface area (Å²) < 4.78 is 11.8. The van der Waals surface area contributed by atoms with Crippen LogP contribution >= 0.6 is 11.3 Å². The average Bonchev–Trinajstić information content (AvgIpc) is 3.38. The zero-order valence-corrected chi connectivity index (χ0v) is 17.0. The lowest BCUT2D eigenvalue weighted by Crippen LogP contribution is -2.47. The highest BCUT2D eigenvalue weighted by Gasteiger charge is 2.48. The van der Waals surface area contributed by atoms with Crippen LogP contribution in [-0.2, 0) is 16.7 Å². The fourth-order valence-corrected chi connectivity index (χ4v) is 5.57. The number of ether oxygens (including phenoxy) is 2. The topological polar surface area (TPSA) is 43.4 Å². The van der Waals surface area contributed by atoms with Gasteiger partial charge in [-0.1, -0.05) is 25.0 Å². The van der Waals surface area contributed by atoms with Gasteiger partial charge in [0.05, 0.1) is 18.4 Å². The van der Waals surface area contributed by atoms with E-state index in [1.165, 1.54) is 36.3 Å². The van der Waals surface area contributed by atoms with Gasteiger partial charge >= 0.3 is 0 Å². The number of aromatic nitrogens is 1. The fraction of sp³-hybridized carbons (Fsp3) is 0.591. The van der Waals surface area contributed by atoms with E-state index in [2.05, 4.69) is 35.0 Å². The molecular formula is C22H30N2O2S. The summed E-state index contributed by atoms with van der Waals surface area (Å²) >= 11 is 1.81. The Kier molecular flexibility index (Phi) is 5.81. The maximum absolute atomic E-state index is 6.35. The van der Waals surface area contributed by atoms with Crippen LogP contribution in [0.3, 0.4) is 0 Å². The second-order valence-electron chi connectivity index (χ2n) is 8.02. The first kappa shape index (κ1) is 18.9. The van der Waals surface area contributed by atoms with Crippen LogP contribution in [0.15, 0.2) is 35.7 Å². The Bertz CT molecular complexity index is 728. The van der Waals surface area contributed by atoms with E-state index in [9.17, 15) is 0 Å². The molecule has 146 valence electrons. The minimum atomic E-state index is 0.0662. The molecule has 2 aromatic heterocycles. The summed E-state index contributed by atoms with van der Waals surface area (Å²) in [6.07, 6.45) is 8.18. The van der Waals surface area contributed by atoms with Crippen molar-refractivity contribution >= 4 is 11.3 Å². The molecular weight excluding hydrogens is 356 g/mol. The Morgan fingerprint density at radius 3 is 2.85 bits per heavy atom. The lowest BCUT2D eigenvalue weighted by molar-refractivity contribution is -0.104. The van der Waals surface area contributed by atoms with Crippen LogP contribution < -0.4 is 10.1 Å². The minimum absolute atomic E-state index is 0.0662. The molecule has 1 saturated heterocycles. The highest BCUT2D eigenvalue weighted by atomic mass is 32.1. The molecule has 4 rings (SSSR count). The fourth-order valence-electron chi connectivity index (χ4n) is 4.90. The SMILES string of the molecule is COc1cccc(C2(CCNCc3cccs3)CCOC3(CCCC3)C2)n1. The van der Waals surface area contributed by atoms with E-state index in [4.69, 9.17) is 14.5 Å². The van der Waals surface area contributed by atoms with Crippen molar-refractivity contribution in [2.75, 3.05) is 20.3 Å². The summed E-state index contributed by atoms with van der Waals surface area (Å²) in [5, 5.41) is 5.79. The molecule has 0 amide bonds. The molecule has 1 aliphatic heterocycles. The third kappa shape index (κ3) is 4.20. The Labute approximate surface area is 166 Å². The normalized spacial score (nSPS) is 24.3. The molecule has 1 spiro atoms. The average molecular weight is 387 g/mol. The summed E-state index contributed by atoms with van der Waals surface area (Å²) in [4.78, 5) is 6.26. The van der Waals surface area contributed by atoms with Crippen molar-refractivity contribution < 1.29 is 9.47 Å². The van der Waals surface area contributed by atoms with Crippen molar-refractivity contribution in [2.24, 2.45) is 0 Å². The van der Waals surface area contributed by atoms with Crippen LogP contribution in [0.25, 0.3) is 0 Å². The number of nitrogens with one attached hydrogen (secondary N) is 1. The van der Waals surface area contributed by atoms with E-state index in [1.807, 2.05) is 17.4 Å². The highest BCUT2D eigenvalue weighted by molar-refractivity contribution is 7.09. The van der Waals surface area contributed by atoms with Gasteiger partial charge in [-0.3, -0.25) is 0 Å². The molecule has 0 radical (unpaired) electrons. The third-order valence-corrected chi connectivity index (χ3v) is 7.18. The van der Waals surface area contributed by atoms with Gasteiger partial charge < -0.3 is 14.8 Å². The predicted octanol–water partition coefficient (Wildman–Crippen LogP) is 4.69. The molecule has 1 unspecified atom stereocenters. The van der Waals surface area contributed by atoms with Crippen molar-refractivity contribution in [1.29, 1.82) is 0 Å². The Morgan fingerprint density at radius 2 is 2.07 bits per heavy atom. The van der Waals surface area contributed by atoms with E-state index in [0.29, 0.717) is 5.88 Å². The van der Waals surface area contributed by atoms with E-state index >= 15 is 0 Å². The second kappa shape index (κ2) is 8.29. The van der Waals surface area contributed by atoms with E-state index in [0.717, 1.165) is 39.0 Å². The van der Waals surface area contributed by atoms with Crippen LogP contribution in [0.1, 0.15) is 55.5 Å². The van der Waals surface area contributed by atoms with Gasteiger partial charge in [0.15, 0.2) is 0 Å². The number of pyridine rings is 1. The molecule has 1 saturated carbocycles. The molecule has 1 atom stereocenters. The standard InChI is InChI=1S/C22H30N2O2S/c1-25-20-8-4-7-19(24-20)21(11-13-23-16-18-6-5-15-27-18)12-14-26-22(17-21)9-2-3-10-22/h4-8,15,23H,2-3,9-14,16-17H2,1H3. The molecule has 5 heteroatoms. The molecule has 1 aliphatic carbocycles. The van der Waals surface area contributed by atoms with Gasteiger partial charge in [0, 0.05) is 29.5 Å². The number of hydrogen-bond donors (Lipinski definition) is 1. The zero-order chi connectivity index (χ0) is 18.6. The predicted molar refractivity (Wildman–Crippen MR) is 109 cm³/mol. The Morgan fingerprint density at radius 1 is 1.19 bits per heavy atom. The Balaban J connectivity index is 1.52. The molecule has 0 bridgehead atoms. The maximum Gasteiger partial charge on any atom is 0.213 e. The third-order valence-electron chi connectivity index (χ3n) is 6.30. The largest absolute Gasteiger partial charge is 0.481 e. The van der Waals surface area contributed by atoms with Gasteiger partial charge in [-0.2, -0.15) is 0 Å². The minimum Gasteiger partial charge on any atom is -0.481 e. The summed E-state index contributed by atoms with van der Waals surface area (Å²) in [6.45, 7) is 2.78. The van der Waals surface area contributed by atoms with E-state index in [-0.39, 0.29) is 11.0 Å². The van der Waals surface area contributed by atoms with Gasteiger partial charge in [0.25, 0.3) is 0 Å². The summed E-state index contributed by atoms with van der Waals surface area (Å²) in [6, 6.07) is 10.5. The summed E-state index contributed by atoms with van der Waals surface area (Å²) in [5.74, 6) is 0.713. The maximum atomic E-state index is 6.35. The van der Waals surface area contributed by atoms with Gasteiger partial charge in [-0.25, -0.2) is 4.98 Å². The number of rotatable bonds is 7. The van der Waals surface area contributed by atoms with Crippen molar-refractivity contribution in [1.82, 2.24) is 10.3 Å². The molecule has 2 aliphatic rings. The number of methoxy groups -OCH3 is 1. The number of nitrogens with zero attached hydrogens (tertiary/aromatic N) is 1. The van der Waals surface area contributed by atoms with Gasteiger partial charge in [0.2, 0.25) is 5.88 Å². The van der Waals surface area contributed by atoms with Crippen LogP contribution in [0.2, 0.25) is 0 Å². The smallest absolute Gasteiger partial charge is 0.213 e. The van der Waals surface area contributed by atoms with Crippen LogP contribution in [0, 0.1) is 0 Å². The van der Waals surface area contributed by atoms with Crippen LogP contribution in [-0.4, -0.2) is 30.8 Å². The van der Waals surface area contributed by atoms with Gasteiger partial charge in [-0.15, -0.1) is 11.3 Å². The molecule has 2 fully saturated rings. The molecule has 0 aromatic carbocycles. The monoisotopic (exact) mass is 386 g/mol. The van der Waals surface area contributed by atoms with Gasteiger partial charge in [-0.05, 0) is 56.2 Å². The second-order valence-corrected chi connectivity index (χ2v) is 9.05. The van der Waals surface area contributed by atoms with E-state index < -0.39 is 0 Å². The van der Waals surface area contributed by atoms with Crippen molar-refractivity contribution in [2.45, 2.75) is 62.5 Å². The first-order chi connectivity index (χ1) is 13.2. The lowest BCUT2D eigenvalue weighted by atomic mass is 9.68. The lowest BCUT2D eigenvalue weighted by Gasteiger charge is -2.46. The number of thiophene rings is 1. The molecule has 27 heavy (non-hydrogen) atoms. The van der Waals surface area contributed by atoms with E-state index in [1.54, 1.807) is 7.11 Å². The first-order valence-corrected chi connectivity index (χ1v) is 11.0. The molecule has 1 N–H and O–H groups in total. The molecule has 3 heterocycles. The molecule has 4 nitrogen and oxygen atoms in total. The zero-order valence-electron chi connectivity index (χ0n) is 16.2. The van der Waals surface area contributed by atoms with Crippen molar-refractivity contribution in [3.05, 3.63) is 46.3 Å². The Hall–Kier alpha value is -1.43. The first-order valence-electron chi connectivity index (χ1n) is 10.1. The van der Waals surface area contributed by atoms with Crippen LogP contribution in [0.4, 0.5) is 0 Å². The van der Waals surface area contributed by atoms with Crippen LogP contribution in [0.5, 0.6) is 5.88 Å². The van der Waals surface area contributed by atoms with Crippen molar-refractivity contribution in [3.8, 4) is 5.88 Å². The molecule has 2 aromatic rings. The summed E-state index contributed by atoms with van der Waals surface area (Å²) in [7, 11) is 1.70.